The van der Waals surface area contributed by atoms with Crippen molar-refractivity contribution in [2.75, 3.05) is 13.7 Å². The second-order valence-electron chi connectivity index (χ2n) is 12.1. The maximum atomic E-state index is 14.0. The van der Waals surface area contributed by atoms with E-state index in [-0.39, 0.29) is 30.5 Å². The molecule has 0 radical (unpaired) electrons. The van der Waals surface area contributed by atoms with E-state index < -0.39 is 22.8 Å². The zero-order valence-electron chi connectivity index (χ0n) is 23.4. The second-order valence-corrected chi connectivity index (χ2v) is 12.1. The van der Waals surface area contributed by atoms with Gasteiger partial charge in [0.2, 0.25) is 11.8 Å². The number of aliphatic hydroxyl groups is 1. The molecule has 2 aromatic rings. The maximum absolute atomic E-state index is 14.0. The fourth-order valence-electron chi connectivity index (χ4n) is 6.91. The third-order valence-electron chi connectivity index (χ3n) is 9.50. The predicted octanol–water partition coefficient (Wildman–Crippen LogP) is 5.00. The Morgan fingerprint density at radius 1 is 1.12 bits per heavy atom. The van der Waals surface area contributed by atoms with Gasteiger partial charge in [0.25, 0.3) is 0 Å². The third kappa shape index (κ3) is 5.57. The number of fused-ring (bicyclic) bond motifs is 1. The molecule has 2 saturated carbocycles. The molecule has 2 fully saturated rings. The van der Waals surface area contributed by atoms with Crippen LogP contribution in [0.15, 0.2) is 30.6 Å². The molecule has 0 unspecified atom stereocenters. The highest BCUT2D eigenvalue weighted by Crippen LogP contribution is 2.47. The van der Waals surface area contributed by atoms with Crippen LogP contribution in [0.5, 0.6) is 5.88 Å². The number of methoxy groups -OCH3 is 1. The van der Waals surface area contributed by atoms with Crippen molar-refractivity contribution in [1.29, 1.82) is 0 Å². The average molecular weight is 561 g/mol. The van der Waals surface area contributed by atoms with Gasteiger partial charge in [-0.05, 0) is 68.6 Å². The van der Waals surface area contributed by atoms with Gasteiger partial charge in [0, 0.05) is 61.3 Å². The van der Waals surface area contributed by atoms with E-state index >= 15 is 0 Å². The lowest BCUT2D eigenvalue weighted by Gasteiger charge is -2.40. The lowest BCUT2D eigenvalue weighted by molar-refractivity contribution is -0.146. The molecular weight excluding hydrogens is 521 g/mol. The standard InChI is InChI=1S/C30H39F3N4O3/c1-19(2)28(27(38)37-13-9-25-20(18-37)14-22(17-34-25)30(31,32)33)10-6-24(15-28)36-23-7-11-29(39,12-8-23)21-4-5-26(40-3)35-16-21/h4-5,14,16-17,19,23-24,36,39H,6-13,15,18H2,1-3H3/t23?,24-,28+,29?/m1/s1. The van der Waals surface area contributed by atoms with E-state index in [0.717, 1.165) is 43.5 Å². The average Bonchev–Trinajstić information content (AvgIpc) is 3.38. The van der Waals surface area contributed by atoms with Gasteiger partial charge in [0.15, 0.2) is 0 Å². The minimum Gasteiger partial charge on any atom is -0.481 e. The van der Waals surface area contributed by atoms with Crippen LogP contribution < -0.4 is 10.1 Å². The van der Waals surface area contributed by atoms with Gasteiger partial charge < -0.3 is 20.1 Å². The Morgan fingerprint density at radius 2 is 1.85 bits per heavy atom. The first-order valence-electron chi connectivity index (χ1n) is 14.3. The van der Waals surface area contributed by atoms with Crippen molar-refractivity contribution in [3.05, 3.63) is 53.0 Å². The van der Waals surface area contributed by atoms with Gasteiger partial charge in [-0.25, -0.2) is 4.98 Å². The first-order chi connectivity index (χ1) is 18.9. The number of ether oxygens (including phenoxy) is 1. The van der Waals surface area contributed by atoms with E-state index in [0.29, 0.717) is 49.4 Å². The molecule has 0 bridgehead atoms. The smallest absolute Gasteiger partial charge is 0.417 e. The number of aromatic nitrogens is 2. The molecule has 3 aliphatic rings. The Bertz CT molecular complexity index is 1210. The Hall–Kier alpha value is -2.72. The van der Waals surface area contributed by atoms with Gasteiger partial charge in [0.1, 0.15) is 0 Å². The highest BCUT2D eigenvalue weighted by atomic mass is 19.4. The number of nitrogens with zero attached hydrogens (tertiary/aromatic N) is 3. The van der Waals surface area contributed by atoms with Crippen LogP contribution in [0.25, 0.3) is 0 Å². The van der Waals surface area contributed by atoms with E-state index in [2.05, 4.69) is 29.1 Å². The molecule has 0 spiro atoms. The molecule has 0 saturated heterocycles. The van der Waals surface area contributed by atoms with Crippen LogP contribution in [0, 0.1) is 11.3 Å². The summed E-state index contributed by atoms with van der Waals surface area (Å²) in [5, 5.41) is 15.0. The van der Waals surface area contributed by atoms with Crippen molar-refractivity contribution in [2.45, 2.75) is 95.6 Å². The summed E-state index contributed by atoms with van der Waals surface area (Å²) in [7, 11) is 1.56. The molecule has 40 heavy (non-hydrogen) atoms. The first kappa shape index (κ1) is 28.8. The van der Waals surface area contributed by atoms with Gasteiger partial charge in [-0.3, -0.25) is 9.78 Å². The fraction of sp³-hybridized carbons (Fsp3) is 0.633. The van der Waals surface area contributed by atoms with Crippen molar-refractivity contribution in [3.8, 4) is 5.88 Å². The quantitative estimate of drug-likeness (QED) is 0.517. The summed E-state index contributed by atoms with van der Waals surface area (Å²) in [5.41, 5.74) is -0.290. The van der Waals surface area contributed by atoms with E-state index in [1.54, 1.807) is 24.3 Å². The van der Waals surface area contributed by atoms with Gasteiger partial charge in [-0.1, -0.05) is 13.8 Å². The van der Waals surface area contributed by atoms with Crippen LogP contribution in [-0.2, 0) is 29.5 Å². The highest BCUT2D eigenvalue weighted by molar-refractivity contribution is 5.83. The normalized spacial score (nSPS) is 28.9. The number of nitrogens with one attached hydrogen (secondary N) is 1. The van der Waals surface area contributed by atoms with Crippen molar-refractivity contribution in [3.63, 3.8) is 0 Å². The Morgan fingerprint density at radius 3 is 2.48 bits per heavy atom. The molecule has 10 heteroatoms. The van der Waals surface area contributed by atoms with E-state index in [1.165, 1.54) is 0 Å². The fourth-order valence-corrected chi connectivity index (χ4v) is 6.91. The van der Waals surface area contributed by atoms with Crippen LogP contribution in [0.4, 0.5) is 13.2 Å². The summed E-state index contributed by atoms with van der Waals surface area (Å²) < 4.78 is 44.9. The molecule has 218 valence electrons. The SMILES string of the molecule is COc1ccc(C2(O)CCC(N[C@@H]3CC[C@@](C(=O)N4CCc5ncc(C(F)(F)F)cc5C4)(C(C)C)C3)CC2)cn1. The van der Waals surface area contributed by atoms with Gasteiger partial charge in [0.05, 0.1) is 23.7 Å². The largest absolute Gasteiger partial charge is 0.481 e. The summed E-state index contributed by atoms with van der Waals surface area (Å²) in [4.78, 5) is 24.0. The molecule has 5 rings (SSSR count). The topological polar surface area (TPSA) is 87.6 Å². The van der Waals surface area contributed by atoms with Gasteiger partial charge in [-0.2, -0.15) is 13.2 Å². The summed E-state index contributed by atoms with van der Waals surface area (Å²) in [6.07, 6.45) is 3.79. The van der Waals surface area contributed by atoms with Crippen molar-refractivity contribution < 1.29 is 27.8 Å². The molecule has 2 aliphatic carbocycles. The summed E-state index contributed by atoms with van der Waals surface area (Å²) >= 11 is 0. The van der Waals surface area contributed by atoms with Crippen molar-refractivity contribution in [1.82, 2.24) is 20.2 Å². The number of hydrogen-bond donors (Lipinski definition) is 2. The molecule has 7 nitrogen and oxygen atoms in total. The molecule has 2 aromatic heterocycles. The Labute approximate surface area is 233 Å². The highest BCUT2D eigenvalue weighted by Gasteiger charge is 2.50. The zero-order chi connectivity index (χ0) is 28.7. The molecule has 0 aromatic carbocycles. The number of carbonyl (C=O) groups is 1. The maximum Gasteiger partial charge on any atom is 0.417 e. The second kappa shape index (κ2) is 10.9. The van der Waals surface area contributed by atoms with Gasteiger partial charge in [-0.15, -0.1) is 0 Å². The number of rotatable bonds is 6. The lowest BCUT2D eigenvalue weighted by atomic mass is 9.73. The summed E-state index contributed by atoms with van der Waals surface area (Å²) in [6, 6.07) is 5.22. The molecule has 1 amide bonds. The zero-order valence-corrected chi connectivity index (χ0v) is 23.4. The molecule has 3 heterocycles. The van der Waals surface area contributed by atoms with Crippen LogP contribution in [0.2, 0.25) is 0 Å². The van der Waals surface area contributed by atoms with E-state index in [9.17, 15) is 23.1 Å². The molecule has 1 aliphatic heterocycles. The van der Waals surface area contributed by atoms with Crippen LogP contribution in [0.3, 0.4) is 0 Å². The third-order valence-corrected chi connectivity index (χ3v) is 9.50. The number of amides is 1. The molecule has 2 atom stereocenters. The monoisotopic (exact) mass is 560 g/mol. The van der Waals surface area contributed by atoms with Crippen molar-refractivity contribution >= 4 is 5.91 Å². The predicted molar refractivity (Wildman–Crippen MR) is 143 cm³/mol. The van der Waals surface area contributed by atoms with Crippen LogP contribution >= 0.6 is 0 Å². The molecular formula is C30H39F3N4O3. The Kier molecular flexibility index (Phi) is 7.87. The number of carbonyl (C=O) groups excluding carboxylic acids is 1. The number of pyridine rings is 2. The van der Waals surface area contributed by atoms with Crippen LogP contribution in [0.1, 0.15) is 81.2 Å². The number of halogens is 3. The van der Waals surface area contributed by atoms with E-state index in [4.69, 9.17) is 4.74 Å². The number of hydrogen-bond acceptors (Lipinski definition) is 6. The van der Waals surface area contributed by atoms with Crippen molar-refractivity contribution in [2.24, 2.45) is 11.3 Å². The molecule has 2 N–H and O–H groups in total. The minimum absolute atomic E-state index is 0.0416. The van der Waals surface area contributed by atoms with Crippen LogP contribution in [-0.4, -0.2) is 51.6 Å². The summed E-state index contributed by atoms with van der Waals surface area (Å²) in [6.45, 7) is 4.79. The first-order valence-corrected chi connectivity index (χ1v) is 14.3. The number of alkyl halides is 3. The lowest BCUT2D eigenvalue weighted by Crippen LogP contribution is -2.49. The van der Waals surface area contributed by atoms with E-state index in [1.807, 2.05) is 6.07 Å². The minimum atomic E-state index is -4.46. The Balaban J connectivity index is 1.21. The van der Waals surface area contributed by atoms with Gasteiger partial charge >= 0.3 is 6.18 Å². The summed E-state index contributed by atoms with van der Waals surface area (Å²) in [5.74, 6) is 0.662.